The molecule has 2 aromatic rings. The fourth-order valence-corrected chi connectivity index (χ4v) is 3.71. The number of hydrogen-bond acceptors (Lipinski definition) is 5. The lowest BCUT2D eigenvalue weighted by molar-refractivity contribution is 0.0943. The van der Waals surface area contributed by atoms with Crippen molar-refractivity contribution in [1.82, 2.24) is 19.9 Å². The van der Waals surface area contributed by atoms with E-state index >= 15 is 0 Å². The van der Waals surface area contributed by atoms with Gasteiger partial charge in [-0.25, -0.2) is 9.97 Å². The van der Waals surface area contributed by atoms with E-state index in [-0.39, 0.29) is 17.0 Å². The lowest BCUT2D eigenvalue weighted by atomic mass is 9.98. The van der Waals surface area contributed by atoms with Gasteiger partial charge >= 0.3 is 0 Å². The third-order valence-electron chi connectivity index (χ3n) is 5.45. The van der Waals surface area contributed by atoms with Crippen molar-refractivity contribution in [2.45, 2.75) is 46.6 Å². The molecule has 7 nitrogen and oxygen atoms in total. The van der Waals surface area contributed by atoms with E-state index in [2.05, 4.69) is 34.0 Å². The second-order valence-corrected chi connectivity index (χ2v) is 8.27. The maximum atomic E-state index is 12.8. The summed E-state index contributed by atoms with van der Waals surface area (Å²) in [5.74, 6) is 1.27. The zero-order valence-electron chi connectivity index (χ0n) is 17.6. The summed E-state index contributed by atoms with van der Waals surface area (Å²) in [6.45, 7) is 8.97. The lowest BCUT2D eigenvalue weighted by Gasteiger charge is -2.32. The third-order valence-corrected chi connectivity index (χ3v) is 5.45. The van der Waals surface area contributed by atoms with Crippen LogP contribution in [0.1, 0.15) is 49.0 Å². The summed E-state index contributed by atoms with van der Waals surface area (Å²) < 4.78 is 1.65. The van der Waals surface area contributed by atoms with Crippen LogP contribution in [0, 0.1) is 18.8 Å². The molecule has 1 aliphatic heterocycles. The van der Waals surface area contributed by atoms with Gasteiger partial charge in [0.05, 0.1) is 0 Å². The topological polar surface area (TPSA) is 80.1 Å². The van der Waals surface area contributed by atoms with Crippen LogP contribution in [0.15, 0.2) is 35.5 Å². The first-order valence-electron chi connectivity index (χ1n) is 10.5. The fraction of sp³-hybridized carbons (Fsp3) is 0.545. The smallest absolute Gasteiger partial charge is 0.263 e. The van der Waals surface area contributed by atoms with E-state index in [0.717, 1.165) is 43.9 Å². The molecule has 0 aliphatic carbocycles. The second-order valence-electron chi connectivity index (χ2n) is 8.27. The van der Waals surface area contributed by atoms with E-state index in [4.69, 9.17) is 0 Å². The molecule has 0 bridgehead atoms. The van der Waals surface area contributed by atoms with Crippen LogP contribution in [0.2, 0.25) is 0 Å². The van der Waals surface area contributed by atoms with Gasteiger partial charge in [-0.1, -0.05) is 13.8 Å². The number of anilines is 1. The summed E-state index contributed by atoms with van der Waals surface area (Å²) in [5.41, 5.74) is 0.776. The highest BCUT2D eigenvalue weighted by atomic mass is 16.2. The molecular formula is C22H31N5O2. The first kappa shape index (κ1) is 21.0. The van der Waals surface area contributed by atoms with Gasteiger partial charge in [-0.05, 0) is 55.7 Å². The highest BCUT2D eigenvalue weighted by molar-refractivity contribution is 5.95. The molecule has 1 atom stereocenters. The normalized spacial score (nSPS) is 16.8. The van der Waals surface area contributed by atoms with Crippen LogP contribution in [0.4, 0.5) is 5.95 Å². The Hall–Kier alpha value is -2.70. The van der Waals surface area contributed by atoms with Crippen molar-refractivity contribution in [1.29, 1.82) is 0 Å². The summed E-state index contributed by atoms with van der Waals surface area (Å²) in [6, 6.07) is 3.66. The first-order valence-corrected chi connectivity index (χ1v) is 10.5. The van der Waals surface area contributed by atoms with Crippen molar-refractivity contribution in [2.75, 3.05) is 24.5 Å². The number of nitrogens with one attached hydrogen (secondary N) is 1. The Labute approximate surface area is 172 Å². The maximum Gasteiger partial charge on any atom is 0.263 e. The number of aryl methyl sites for hydroxylation is 2. The van der Waals surface area contributed by atoms with E-state index in [1.165, 1.54) is 0 Å². The van der Waals surface area contributed by atoms with Gasteiger partial charge in [0.1, 0.15) is 5.56 Å². The summed E-state index contributed by atoms with van der Waals surface area (Å²) in [7, 11) is 0. The number of carbonyl (C=O) groups excluding carboxylic acids is 1. The predicted octanol–water partition coefficient (Wildman–Crippen LogP) is 2.64. The average Bonchev–Trinajstić information content (AvgIpc) is 2.72. The van der Waals surface area contributed by atoms with Gasteiger partial charge in [-0.15, -0.1) is 0 Å². The zero-order chi connectivity index (χ0) is 20.8. The van der Waals surface area contributed by atoms with E-state index in [9.17, 15) is 9.59 Å². The van der Waals surface area contributed by atoms with E-state index in [1.807, 2.05) is 13.0 Å². The van der Waals surface area contributed by atoms with Crippen LogP contribution in [0.3, 0.4) is 0 Å². The second kappa shape index (κ2) is 9.67. The molecule has 2 aromatic heterocycles. The molecule has 0 saturated carbocycles. The number of nitrogens with zero attached hydrogens (tertiary/aromatic N) is 4. The molecule has 1 N–H and O–H groups in total. The van der Waals surface area contributed by atoms with E-state index < -0.39 is 0 Å². The minimum Gasteiger partial charge on any atom is -0.352 e. The van der Waals surface area contributed by atoms with Crippen molar-refractivity contribution in [3.63, 3.8) is 0 Å². The molecule has 1 saturated heterocycles. The Morgan fingerprint density at radius 3 is 2.79 bits per heavy atom. The molecule has 1 unspecified atom stereocenters. The number of amides is 1. The van der Waals surface area contributed by atoms with Crippen LogP contribution in [-0.4, -0.2) is 40.1 Å². The van der Waals surface area contributed by atoms with Crippen molar-refractivity contribution in [3.05, 3.63) is 52.2 Å². The molecule has 0 radical (unpaired) electrons. The Balaban J connectivity index is 1.63. The number of pyridine rings is 1. The number of piperidine rings is 1. The van der Waals surface area contributed by atoms with Crippen molar-refractivity contribution >= 4 is 11.9 Å². The molecule has 0 aromatic carbocycles. The first-order chi connectivity index (χ1) is 14.0. The van der Waals surface area contributed by atoms with Gasteiger partial charge in [-0.2, -0.15) is 0 Å². The highest BCUT2D eigenvalue weighted by Gasteiger charge is 2.23. The van der Waals surface area contributed by atoms with Gasteiger partial charge in [0.15, 0.2) is 0 Å². The molecule has 7 heteroatoms. The Morgan fingerprint density at radius 2 is 2.07 bits per heavy atom. The van der Waals surface area contributed by atoms with Crippen molar-refractivity contribution < 1.29 is 4.79 Å². The third kappa shape index (κ3) is 5.43. The molecule has 0 spiro atoms. The Bertz CT molecular complexity index is 879. The molecule has 29 heavy (non-hydrogen) atoms. The zero-order valence-corrected chi connectivity index (χ0v) is 17.6. The molecule has 1 fully saturated rings. The molecular weight excluding hydrogens is 366 g/mol. The van der Waals surface area contributed by atoms with Crippen molar-refractivity contribution in [2.24, 2.45) is 11.8 Å². The van der Waals surface area contributed by atoms with Crippen LogP contribution < -0.4 is 15.8 Å². The predicted molar refractivity (Wildman–Crippen MR) is 114 cm³/mol. The van der Waals surface area contributed by atoms with Gasteiger partial charge in [0, 0.05) is 44.8 Å². The van der Waals surface area contributed by atoms with Crippen LogP contribution >= 0.6 is 0 Å². The fourth-order valence-electron chi connectivity index (χ4n) is 3.71. The summed E-state index contributed by atoms with van der Waals surface area (Å²) in [4.78, 5) is 36.4. The number of hydrogen-bond donors (Lipinski definition) is 1. The standard InChI is InChI=1S/C22H31N5O2/c1-16(2)7-12-26-13-8-17(3)19(21(26)29)20(28)25-14-18-6-4-11-27(15-18)22-23-9-5-10-24-22/h5,8-10,13,16,18H,4,6-7,11-12,14-15H2,1-3H3,(H,25,28). The molecule has 1 amide bonds. The molecule has 156 valence electrons. The molecule has 3 rings (SSSR count). The number of rotatable bonds is 7. The minimum absolute atomic E-state index is 0.203. The quantitative estimate of drug-likeness (QED) is 0.777. The average molecular weight is 398 g/mol. The number of aromatic nitrogens is 3. The largest absolute Gasteiger partial charge is 0.352 e. The highest BCUT2D eigenvalue weighted by Crippen LogP contribution is 2.19. The molecule has 1 aliphatic rings. The Kier molecular flexibility index (Phi) is 7.01. The molecule has 3 heterocycles. The van der Waals surface area contributed by atoms with Gasteiger partial charge in [-0.3, -0.25) is 9.59 Å². The summed E-state index contributed by atoms with van der Waals surface area (Å²) >= 11 is 0. The van der Waals surface area contributed by atoms with Gasteiger partial charge in [0.25, 0.3) is 11.5 Å². The SMILES string of the molecule is Cc1ccn(CCC(C)C)c(=O)c1C(=O)NCC1CCCN(c2ncccn2)C1. The summed E-state index contributed by atoms with van der Waals surface area (Å²) in [6.07, 6.45) is 8.26. The van der Waals surface area contributed by atoms with Crippen LogP contribution in [0.5, 0.6) is 0 Å². The lowest BCUT2D eigenvalue weighted by Crippen LogP contribution is -2.42. The summed E-state index contributed by atoms with van der Waals surface area (Å²) in [5, 5.41) is 2.99. The van der Waals surface area contributed by atoms with Gasteiger partial charge < -0.3 is 14.8 Å². The van der Waals surface area contributed by atoms with Crippen LogP contribution in [0.25, 0.3) is 0 Å². The van der Waals surface area contributed by atoms with E-state index in [1.54, 1.807) is 29.2 Å². The van der Waals surface area contributed by atoms with Gasteiger partial charge in [0.2, 0.25) is 5.95 Å². The number of carbonyl (C=O) groups is 1. The van der Waals surface area contributed by atoms with Crippen molar-refractivity contribution in [3.8, 4) is 0 Å². The maximum absolute atomic E-state index is 12.8. The van der Waals surface area contributed by atoms with E-state index in [0.29, 0.717) is 24.9 Å². The van der Waals surface area contributed by atoms with Crippen LogP contribution in [-0.2, 0) is 6.54 Å². The minimum atomic E-state index is -0.278. The monoisotopic (exact) mass is 397 g/mol. The Morgan fingerprint density at radius 1 is 1.31 bits per heavy atom.